The number of amides is 1. The molecule has 2 N–H and O–H groups in total. The second-order valence-corrected chi connectivity index (χ2v) is 4.47. The number of carbonyl (C=O) groups excluding carboxylic acids is 1. The molecule has 2 aromatic rings. The normalized spacial score (nSPS) is 11.0. The van der Waals surface area contributed by atoms with Crippen LogP contribution in [0.5, 0.6) is 0 Å². The van der Waals surface area contributed by atoms with Crippen molar-refractivity contribution in [3.05, 3.63) is 40.5 Å². The molecule has 21 heavy (non-hydrogen) atoms. The highest BCUT2D eigenvalue weighted by Crippen LogP contribution is 2.21. The van der Waals surface area contributed by atoms with Gasteiger partial charge in [-0.3, -0.25) is 4.79 Å². The van der Waals surface area contributed by atoms with E-state index in [1.54, 1.807) is 6.07 Å². The Morgan fingerprint density at radius 2 is 2.29 bits per heavy atom. The van der Waals surface area contributed by atoms with Gasteiger partial charge in [-0.05, 0) is 18.6 Å². The number of ether oxygens (including phenoxy) is 1. The number of primary amides is 1. The molecule has 0 radical (unpaired) electrons. The molecule has 2 rings (SSSR count). The smallest absolute Gasteiger partial charge is 0.273 e. The number of rotatable bonds is 6. The molecule has 0 spiro atoms. The van der Waals surface area contributed by atoms with Crippen molar-refractivity contribution in [2.75, 3.05) is 6.61 Å². The first-order valence-corrected chi connectivity index (χ1v) is 6.62. The molecular weight excluding hydrogens is 294 g/mol. The number of hydrogen-bond acceptors (Lipinski definition) is 5. The van der Waals surface area contributed by atoms with Gasteiger partial charge in [-0.25, -0.2) is 4.68 Å². The van der Waals surface area contributed by atoms with Crippen LogP contribution in [0.4, 0.5) is 5.82 Å². The lowest BCUT2D eigenvalue weighted by molar-refractivity contribution is 0.0996. The van der Waals surface area contributed by atoms with Crippen LogP contribution < -0.4 is 5.73 Å². The van der Waals surface area contributed by atoms with Gasteiger partial charge in [0, 0.05) is 5.02 Å². The zero-order valence-electron chi connectivity index (χ0n) is 11.4. The Hall–Kier alpha value is -2.41. The van der Waals surface area contributed by atoms with Gasteiger partial charge in [-0.2, -0.15) is 4.99 Å². The minimum atomic E-state index is -0.705. The Morgan fingerprint density at radius 1 is 1.52 bits per heavy atom. The number of halogens is 1. The van der Waals surface area contributed by atoms with E-state index in [1.807, 2.05) is 25.1 Å². The molecule has 110 valence electrons. The summed E-state index contributed by atoms with van der Waals surface area (Å²) in [7, 11) is 0. The first-order valence-electron chi connectivity index (χ1n) is 6.24. The van der Waals surface area contributed by atoms with Crippen LogP contribution in [0.1, 0.15) is 23.0 Å². The van der Waals surface area contributed by atoms with Gasteiger partial charge < -0.3 is 10.5 Å². The molecule has 0 fully saturated rings. The maximum Gasteiger partial charge on any atom is 0.273 e. The fourth-order valence-electron chi connectivity index (χ4n) is 1.65. The van der Waals surface area contributed by atoms with Gasteiger partial charge in [0.05, 0.1) is 13.2 Å². The van der Waals surface area contributed by atoms with Crippen molar-refractivity contribution >= 4 is 29.7 Å². The van der Waals surface area contributed by atoms with Gasteiger partial charge in [0.1, 0.15) is 0 Å². The van der Waals surface area contributed by atoms with Gasteiger partial charge in [-0.1, -0.05) is 35.0 Å². The van der Waals surface area contributed by atoms with Crippen LogP contribution in [0.15, 0.2) is 29.3 Å². The Labute approximate surface area is 126 Å². The number of nitrogens with two attached hydrogens (primary N) is 1. The SMILES string of the molecule is CCO/C=N/c1c(C(N)=O)nnn1Cc1ccccc1Cl. The van der Waals surface area contributed by atoms with Crippen LogP contribution in [0.3, 0.4) is 0 Å². The first-order chi connectivity index (χ1) is 10.1. The highest BCUT2D eigenvalue weighted by atomic mass is 35.5. The number of aromatic nitrogens is 3. The van der Waals surface area contributed by atoms with E-state index in [-0.39, 0.29) is 11.5 Å². The summed E-state index contributed by atoms with van der Waals surface area (Å²) in [6.45, 7) is 2.60. The molecule has 0 aliphatic rings. The van der Waals surface area contributed by atoms with E-state index in [1.165, 1.54) is 11.1 Å². The average molecular weight is 308 g/mol. The van der Waals surface area contributed by atoms with Gasteiger partial charge in [0.2, 0.25) is 0 Å². The number of nitrogens with zero attached hydrogens (tertiary/aromatic N) is 4. The molecule has 8 heteroatoms. The zero-order valence-corrected chi connectivity index (χ0v) is 12.1. The summed E-state index contributed by atoms with van der Waals surface area (Å²) in [5, 5.41) is 8.23. The predicted octanol–water partition coefficient (Wildman–Crippen LogP) is 1.77. The summed E-state index contributed by atoms with van der Waals surface area (Å²) in [5.41, 5.74) is 6.07. The molecule has 0 bridgehead atoms. The molecule has 1 aromatic heterocycles. The van der Waals surface area contributed by atoms with E-state index in [0.29, 0.717) is 18.2 Å². The Balaban J connectivity index is 2.35. The van der Waals surface area contributed by atoms with Gasteiger partial charge >= 0.3 is 0 Å². The van der Waals surface area contributed by atoms with Crippen molar-refractivity contribution in [3.63, 3.8) is 0 Å². The van der Waals surface area contributed by atoms with E-state index < -0.39 is 5.91 Å². The number of aliphatic imine (C=N–C) groups is 1. The molecule has 0 aliphatic carbocycles. The Kier molecular flexibility index (Phi) is 4.89. The van der Waals surface area contributed by atoms with Crippen LogP contribution in [0.2, 0.25) is 5.02 Å². The molecule has 0 aliphatic heterocycles. The van der Waals surface area contributed by atoms with Crippen molar-refractivity contribution in [3.8, 4) is 0 Å². The Morgan fingerprint density at radius 3 is 2.95 bits per heavy atom. The second-order valence-electron chi connectivity index (χ2n) is 4.06. The molecule has 1 aromatic carbocycles. The van der Waals surface area contributed by atoms with Crippen LogP contribution in [0, 0.1) is 0 Å². The summed E-state index contributed by atoms with van der Waals surface area (Å²) in [6.07, 6.45) is 1.23. The monoisotopic (exact) mass is 307 g/mol. The maximum atomic E-state index is 11.4. The van der Waals surface area contributed by atoms with Crippen molar-refractivity contribution < 1.29 is 9.53 Å². The summed E-state index contributed by atoms with van der Waals surface area (Å²) >= 11 is 6.11. The molecular formula is C13H14ClN5O2. The van der Waals surface area contributed by atoms with Gasteiger partial charge in [-0.15, -0.1) is 5.10 Å². The standard InChI is InChI=1S/C13H14ClN5O2/c1-2-21-8-16-13-11(12(15)20)17-18-19(13)7-9-5-3-4-6-10(9)14/h3-6,8H,2,7H2,1H3,(H2,15,20)/b16-8+. The quantitative estimate of drug-likeness (QED) is 0.650. The van der Waals surface area contributed by atoms with Crippen molar-refractivity contribution in [1.82, 2.24) is 15.0 Å². The van der Waals surface area contributed by atoms with Crippen molar-refractivity contribution in [2.45, 2.75) is 13.5 Å². The van der Waals surface area contributed by atoms with Crippen LogP contribution in [-0.4, -0.2) is 33.9 Å². The topological polar surface area (TPSA) is 95.4 Å². The lowest BCUT2D eigenvalue weighted by atomic mass is 10.2. The maximum absolute atomic E-state index is 11.4. The number of carbonyl (C=O) groups is 1. The fourth-order valence-corrected chi connectivity index (χ4v) is 1.85. The third kappa shape index (κ3) is 3.57. The third-order valence-electron chi connectivity index (χ3n) is 2.64. The van der Waals surface area contributed by atoms with E-state index in [2.05, 4.69) is 15.3 Å². The first kappa shape index (κ1) is 15.0. The highest BCUT2D eigenvalue weighted by molar-refractivity contribution is 6.31. The lowest BCUT2D eigenvalue weighted by Gasteiger charge is -2.05. The van der Waals surface area contributed by atoms with E-state index in [4.69, 9.17) is 22.1 Å². The summed E-state index contributed by atoms with van der Waals surface area (Å²) in [5.74, 6) is -0.472. The largest absolute Gasteiger partial charge is 0.483 e. The minimum absolute atomic E-state index is 0.0157. The van der Waals surface area contributed by atoms with E-state index in [9.17, 15) is 4.79 Å². The summed E-state index contributed by atoms with van der Waals surface area (Å²) in [4.78, 5) is 15.4. The molecule has 1 heterocycles. The third-order valence-corrected chi connectivity index (χ3v) is 3.01. The number of hydrogen-bond donors (Lipinski definition) is 1. The molecule has 0 atom stereocenters. The van der Waals surface area contributed by atoms with Gasteiger partial charge in [0.25, 0.3) is 5.91 Å². The predicted molar refractivity (Wildman–Crippen MR) is 78.9 cm³/mol. The van der Waals surface area contributed by atoms with E-state index >= 15 is 0 Å². The van der Waals surface area contributed by atoms with Crippen molar-refractivity contribution in [2.24, 2.45) is 10.7 Å². The van der Waals surface area contributed by atoms with E-state index in [0.717, 1.165) is 5.56 Å². The summed E-state index contributed by atoms with van der Waals surface area (Å²) < 4.78 is 6.47. The molecule has 0 saturated heterocycles. The second kappa shape index (κ2) is 6.85. The number of benzene rings is 1. The minimum Gasteiger partial charge on any atom is -0.483 e. The molecule has 7 nitrogen and oxygen atoms in total. The highest BCUT2D eigenvalue weighted by Gasteiger charge is 2.17. The van der Waals surface area contributed by atoms with Gasteiger partial charge in [0.15, 0.2) is 17.9 Å². The summed E-state index contributed by atoms with van der Waals surface area (Å²) in [6, 6.07) is 7.31. The van der Waals surface area contributed by atoms with Crippen molar-refractivity contribution in [1.29, 1.82) is 0 Å². The zero-order chi connectivity index (χ0) is 15.2. The van der Waals surface area contributed by atoms with Crippen LogP contribution >= 0.6 is 11.6 Å². The molecule has 0 unspecified atom stereocenters. The van der Waals surface area contributed by atoms with Crippen LogP contribution in [-0.2, 0) is 11.3 Å². The fraction of sp³-hybridized carbons (Fsp3) is 0.231. The Bertz CT molecular complexity index is 668. The van der Waals surface area contributed by atoms with Crippen LogP contribution in [0.25, 0.3) is 0 Å². The lowest BCUT2D eigenvalue weighted by Crippen LogP contribution is -2.12. The molecule has 0 saturated carbocycles. The molecule has 1 amide bonds. The average Bonchev–Trinajstić information content (AvgIpc) is 2.85.